The molecule has 1 aliphatic rings. The van der Waals surface area contributed by atoms with Crippen LogP contribution in [-0.4, -0.2) is 23.1 Å². The van der Waals surface area contributed by atoms with E-state index in [-0.39, 0.29) is 23.8 Å². The maximum Gasteiger partial charge on any atom is 0.227 e. The summed E-state index contributed by atoms with van der Waals surface area (Å²) in [6, 6.07) is 14.5. The normalized spacial score (nSPS) is 22.9. The third-order valence-corrected chi connectivity index (χ3v) is 6.18. The van der Waals surface area contributed by atoms with Crippen LogP contribution in [0.1, 0.15) is 49.3 Å². The van der Waals surface area contributed by atoms with E-state index in [0.717, 1.165) is 17.4 Å². The standard InChI is InChI=1S/C24H25Cl2NO2/c1-3-6-18-14-22(17-7-5-8-20(26)13-17)23(16-9-11-19(25)12-10-16)27(24(18)29)21(4-2)15-28/h3,5,7-13,15,18,21-23H,1,4,6,14H2,2H3/t18-,21+,22?,23?/m0/s1. The van der Waals surface area contributed by atoms with Crippen molar-refractivity contribution in [1.82, 2.24) is 4.90 Å². The van der Waals surface area contributed by atoms with E-state index in [1.165, 1.54) is 0 Å². The zero-order chi connectivity index (χ0) is 21.0. The van der Waals surface area contributed by atoms with Gasteiger partial charge in [0.25, 0.3) is 0 Å². The van der Waals surface area contributed by atoms with Crippen molar-refractivity contribution in [2.45, 2.75) is 44.2 Å². The third-order valence-electron chi connectivity index (χ3n) is 5.70. The number of hydrogen-bond donors (Lipinski definition) is 0. The number of benzene rings is 2. The number of likely N-dealkylation sites (tertiary alicyclic amines) is 1. The first kappa shape index (κ1) is 21.6. The van der Waals surface area contributed by atoms with E-state index in [0.29, 0.717) is 29.3 Å². The van der Waals surface area contributed by atoms with Gasteiger partial charge in [-0.1, -0.05) is 60.5 Å². The van der Waals surface area contributed by atoms with Crippen LogP contribution in [0.15, 0.2) is 61.2 Å². The Hall–Kier alpha value is -2.10. The molecule has 1 saturated heterocycles. The molecule has 0 bridgehead atoms. The first-order valence-corrected chi connectivity index (χ1v) is 10.6. The molecule has 0 saturated carbocycles. The van der Waals surface area contributed by atoms with Gasteiger partial charge in [0, 0.05) is 21.9 Å². The summed E-state index contributed by atoms with van der Waals surface area (Å²) in [5, 5.41) is 1.29. The lowest BCUT2D eigenvalue weighted by atomic mass is 9.74. The van der Waals surface area contributed by atoms with Crippen molar-refractivity contribution in [2.75, 3.05) is 0 Å². The molecule has 4 atom stereocenters. The number of halogens is 2. The van der Waals surface area contributed by atoms with Gasteiger partial charge in [0.15, 0.2) is 0 Å². The summed E-state index contributed by atoms with van der Waals surface area (Å²) in [5.74, 6) is -0.206. The predicted molar refractivity (Wildman–Crippen MR) is 118 cm³/mol. The Balaban J connectivity index is 2.17. The highest BCUT2D eigenvalue weighted by molar-refractivity contribution is 6.30. The van der Waals surface area contributed by atoms with E-state index in [2.05, 4.69) is 6.58 Å². The first-order chi connectivity index (χ1) is 14.0. The van der Waals surface area contributed by atoms with E-state index >= 15 is 0 Å². The highest BCUT2D eigenvalue weighted by Gasteiger charge is 2.45. The molecular weight excluding hydrogens is 405 g/mol. The maximum absolute atomic E-state index is 13.4. The number of rotatable bonds is 7. The first-order valence-electron chi connectivity index (χ1n) is 9.89. The third kappa shape index (κ3) is 4.57. The van der Waals surface area contributed by atoms with Crippen LogP contribution in [0.5, 0.6) is 0 Å². The zero-order valence-corrected chi connectivity index (χ0v) is 17.9. The molecule has 152 valence electrons. The number of amides is 1. The van der Waals surface area contributed by atoms with Crippen LogP contribution in [0.3, 0.4) is 0 Å². The SMILES string of the molecule is C=CC[C@H]1CC(c2cccc(Cl)c2)C(c2ccc(Cl)cc2)N([C@@H](C=O)CC)C1=O. The fraction of sp³-hybridized carbons (Fsp3) is 0.333. The molecule has 1 amide bonds. The lowest BCUT2D eigenvalue weighted by Gasteiger charge is -2.47. The minimum absolute atomic E-state index is 0.00192. The summed E-state index contributed by atoms with van der Waals surface area (Å²) < 4.78 is 0. The quantitative estimate of drug-likeness (QED) is 0.386. The topological polar surface area (TPSA) is 37.4 Å². The van der Waals surface area contributed by atoms with Gasteiger partial charge in [-0.15, -0.1) is 6.58 Å². The Morgan fingerprint density at radius 2 is 1.86 bits per heavy atom. The van der Waals surface area contributed by atoms with Gasteiger partial charge < -0.3 is 9.69 Å². The predicted octanol–water partition coefficient (Wildman–Crippen LogP) is 6.22. The second kappa shape index (κ2) is 9.60. The Labute approximate surface area is 182 Å². The summed E-state index contributed by atoms with van der Waals surface area (Å²) in [5.41, 5.74) is 2.02. The van der Waals surface area contributed by atoms with Crippen LogP contribution in [-0.2, 0) is 9.59 Å². The Morgan fingerprint density at radius 1 is 1.14 bits per heavy atom. The fourth-order valence-corrected chi connectivity index (χ4v) is 4.64. The summed E-state index contributed by atoms with van der Waals surface area (Å²) >= 11 is 12.4. The molecule has 0 N–H and O–H groups in total. The minimum Gasteiger partial charge on any atom is -0.325 e. The molecule has 2 aromatic rings. The molecule has 29 heavy (non-hydrogen) atoms. The Kier molecular flexibility index (Phi) is 7.15. The second-order valence-corrected chi connectivity index (χ2v) is 8.34. The fourth-order valence-electron chi connectivity index (χ4n) is 4.31. The van der Waals surface area contributed by atoms with Crippen LogP contribution in [0.25, 0.3) is 0 Å². The summed E-state index contributed by atoms with van der Waals surface area (Å²) in [7, 11) is 0. The van der Waals surface area contributed by atoms with Gasteiger partial charge in [-0.3, -0.25) is 4.79 Å². The molecule has 5 heteroatoms. The number of carbonyl (C=O) groups is 2. The van der Waals surface area contributed by atoms with Gasteiger partial charge >= 0.3 is 0 Å². The summed E-state index contributed by atoms with van der Waals surface area (Å²) in [4.78, 5) is 27.1. The van der Waals surface area contributed by atoms with E-state index in [9.17, 15) is 9.59 Å². The van der Waals surface area contributed by atoms with E-state index in [1.807, 2.05) is 55.5 Å². The molecule has 1 fully saturated rings. The van der Waals surface area contributed by atoms with Crippen LogP contribution in [0, 0.1) is 5.92 Å². The van der Waals surface area contributed by atoms with Crippen LogP contribution < -0.4 is 0 Å². The number of aldehydes is 1. The van der Waals surface area contributed by atoms with Crippen LogP contribution >= 0.6 is 23.2 Å². The zero-order valence-electron chi connectivity index (χ0n) is 16.4. The number of hydrogen-bond acceptors (Lipinski definition) is 2. The van der Waals surface area contributed by atoms with Gasteiger partial charge in [-0.25, -0.2) is 0 Å². The molecule has 1 aliphatic heterocycles. The van der Waals surface area contributed by atoms with Crippen molar-refractivity contribution >= 4 is 35.4 Å². The van der Waals surface area contributed by atoms with Crippen LogP contribution in [0.4, 0.5) is 0 Å². The molecule has 1 heterocycles. The van der Waals surface area contributed by atoms with Crippen molar-refractivity contribution in [3.05, 3.63) is 82.4 Å². The molecule has 0 aliphatic carbocycles. The van der Waals surface area contributed by atoms with Gasteiger partial charge in [-0.05, 0) is 54.7 Å². The molecular formula is C24H25Cl2NO2. The molecule has 3 nitrogen and oxygen atoms in total. The average Bonchev–Trinajstić information content (AvgIpc) is 2.72. The lowest BCUT2D eigenvalue weighted by molar-refractivity contribution is -0.148. The van der Waals surface area contributed by atoms with Gasteiger partial charge in [0.05, 0.1) is 12.1 Å². The summed E-state index contributed by atoms with van der Waals surface area (Å²) in [6.07, 6.45) is 4.47. The molecule has 0 radical (unpaired) electrons. The smallest absolute Gasteiger partial charge is 0.227 e. The van der Waals surface area contributed by atoms with Gasteiger partial charge in [0.2, 0.25) is 5.91 Å². The number of allylic oxidation sites excluding steroid dienone is 1. The molecule has 2 unspecified atom stereocenters. The number of nitrogens with zero attached hydrogens (tertiary/aromatic N) is 1. The maximum atomic E-state index is 13.4. The van der Waals surface area contributed by atoms with E-state index < -0.39 is 6.04 Å². The van der Waals surface area contributed by atoms with Crippen molar-refractivity contribution in [3.63, 3.8) is 0 Å². The van der Waals surface area contributed by atoms with Crippen molar-refractivity contribution in [2.24, 2.45) is 5.92 Å². The van der Waals surface area contributed by atoms with Gasteiger partial charge in [-0.2, -0.15) is 0 Å². The van der Waals surface area contributed by atoms with Crippen molar-refractivity contribution in [3.8, 4) is 0 Å². The molecule has 0 spiro atoms. The molecule has 3 rings (SSSR count). The minimum atomic E-state index is -0.488. The monoisotopic (exact) mass is 429 g/mol. The highest BCUT2D eigenvalue weighted by atomic mass is 35.5. The van der Waals surface area contributed by atoms with Gasteiger partial charge in [0.1, 0.15) is 6.29 Å². The van der Waals surface area contributed by atoms with Crippen molar-refractivity contribution < 1.29 is 9.59 Å². The lowest BCUT2D eigenvalue weighted by Crippen LogP contribution is -2.52. The highest BCUT2D eigenvalue weighted by Crippen LogP contribution is 2.47. The van der Waals surface area contributed by atoms with E-state index in [4.69, 9.17) is 23.2 Å². The largest absolute Gasteiger partial charge is 0.325 e. The molecule has 2 aromatic carbocycles. The van der Waals surface area contributed by atoms with Crippen molar-refractivity contribution in [1.29, 1.82) is 0 Å². The Bertz CT molecular complexity index is 881. The number of piperidine rings is 1. The van der Waals surface area contributed by atoms with Crippen LogP contribution in [0.2, 0.25) is 10.0 Å². The molecule has 0 aromatic heterocycles. The average molecular weight is 430 g/mol. The second-order valence-electron chi connectivity index (χ2n) is 7.47. The number of carbonyl (C=O) groups excluding carboxylic acids is 2. The summed E-state index contributed by atoms with van der Waals surface area (Å²) in [6.45, 7) is 5.75. The van der Waals surface area contributed by atoms with E-state index in [1.54, 1.807) is 11.0 Å². The Morgan fingerprint density at radius 3 is 2.45 bits per heavy atom.